The molecule has 0 aliphatic carbocycles. The summed E-state index contributed by atoms with van der Waals surface area (Å²) in [5.74, 6) is -1.13. The van der Waals surface area contributed by atoms with Gasteiger partial charge in [-0.1, -0.05) is 0 Å². The van der Waals surface area contributed by atoms with Gasteiger partial charge in [0, 0.05) is 19.6 Å². The molecule has 11 heavy (non-hydrogen) atoms. The van der Waals surface area contributed by atoms with E-state index in [9.17, 15) is 9.18 Å². The van der Waals surface area contributed by atoms with E-state index >= 15 is 0 Å². The van der Waals surface area contributed by atoms with Crippen LogP contribution in [-0.2, 0) is 4.79 Å². The highest BCUT2D eigenvalue weighted by atomic mass is 19.1. The van der Waals surface area contributed by atoms with Crippen molar-refractivity contribution in [3.63, 3.8) is 0 Å². The monoisotopic (exact) mass is 162 g/mol. The Morgan fingerprint density at radius 1 is 1.64 bits per heavy atom. The van der Waals surface area contributed by atoms with Crippen LogP contribution in [0.5, 0.6) is 0 Å². The predicted molar refractivity (Wildman–Crippen MR) is 37.2 cm³/mol. The number of hydrogen-bond acceptors (Lipinski definition) is 3. The van der Waals surface area contributed by atoms with Crippen LogP contribution < -0.4 is 10.6 Å². The van der Waals surface area contributed by atoms with Gasteiger partial charge in [0.25, 0.3) is 0 Å². The van der Waals surface area contributed by atoms with Gasteiger partial charge in [-0.3, -0.25) is 10.1 Å². The van der Waals surface area contributed by atoms with E-state index in [2.05, 4.69) is 10.6 Å². The summed E-state index contributed by atoms with van der Waals surface area (Å²) < 4.78 is 12.3. The van der Waals surface area contributed by atoms with Gasteiger partial charge in [0.05, 0.1) is 0 Å². The SMILES string of the molecule is O=C(O)C1(CF)CNCCN1. The number of carboxylic acid groups (broad SMARTS) is 1. The summed E-state index contributed by atoms with van der Waals surface area (Å²) in [6.45, 7) is 0.458. The molecular weight excluding hydrogens is 151 g/mol. The van der Waals surface area contributed by atoms with Gasteiger partial charge < -0.3 is 10.4 Å². The maximum atomic E-state index is 12.3. The second kappa shape index (κ2) is 3.15. The van der Waals surface area contributed by atoms with Crippen LogP contribution >= 0.6 is 0 Å². The molecule has 1 rings (SSSR count). The van der Waals surface area contributed by atoms with Crippen LogP contribution in [-0.4, -0.2) is 42.9 Å². The van der Waals surface area contributed by atoms with Crippen molar-refractivity contribution >= 4 is 5.97 Å². The summed E-state index contributed by atoms with van der Waals surface area (Å²) >= 11 is 0. The first-order chi connectivity index (χ1) is 5.21. The predicted octanol–water partition coefficient (Wildman–Crippen LogP) is -1.03. The minimum atomic E-state index is -1.39. The molecule has 0 radical (unpaired) electrons. The van der Waals surface area contributed by atoms with Crippen molar-refractivity contribution in [2.45, 2.75) is 5.54 Å². The molecule has 0 bridgehead atoms. The van der Waals surface area contributed by atoms with Crippen LogP contribution in [0.2, 0.25) is 0 Å². The van der Waals surface area contributed by atoms with E-state index in [0.717, 1.165) is 0 Å². The van der Waals surface area contributed by atoms with Crippen molar-refractivity contribution in [1.82, 2.24) is 10.6 Å². The van der Waals surface area contributed by atoms with Gasteiger partial charge in [-0.05, 0) is 0 Å². The molecule has 0 aromatic carbocycles. The number of carbonyl (C=O) groups is 1. The number of piperazine rings is 1. The van der Waals surface area contributed by atoms with E-state index in [1.54, 1.807) is 0 Å². The fraction of sp³-hybridized carbons (Fsp3) is 0.833. The van der Waals surface area contributed by atoms with Gasteiger partial charge >= 0.3 is 5.97 Å². The third-order valence-corrected chi connectivity index (χ3v) is 1.83. The first-order valence-corrected chi connectivity index (χ1v) is 3.46. The van der Waals surface area contributed by atoms with Gasteiger partial charge in [-0.2, -0.15) is 0 Å². The van der Waals surface area contributed by atoms with Gasteiger partial charge in [-0.25, -0.2) is 4.39 Å². The number of rotatable bonds is 2. The lowest BCUT2D eigenvalue weighted by Crippen LogP contribution is -2.65. The molecule has 0 aromatic heterocycles. The zero-order chi connectivity index (χ0) is 8.32. The third kappa shape index (κ3) is 1.49. The zero-order valence-corrected chi connectivity index (χ0v) is 6.06. The largest absolute Gasteiger partial charge is 0.480 e. The quantitative estimate of drug-likeness (QED) is 0.486. The standard InChI is InChI=1S/C6H11FN2O2/c7-3-6(5(10)11)4-8-1-2-9-6/h8-9H,1-4H2,(H,10,11). The van der Waals surface area contributed by atoms with Crippen LogP contribution in [0.4, 0.5) is 4.39 Å². The maximum Gasteiger partial charge on any atom is 0.327 e. The second-order valence-electron chi connectivity index (χ2n) is 2.62. The Morgan fingerprint density at radius 3 is 2.64 bits per heavy atom. The molecule has 64 valence electrons. The first-order valence-electron chi connectivity index (χ1n) is 3.46. The lowest BCUT2D eigenvalue weighted by molar-refractivity contribution is -0.146. The normalized spacial score (nSPS) is 31.7. The Morgan fingerprint density at radius 2 is 2.36 bits per heavy atom. The van der Waals surface area contributed by atoms with E-state index in [4.69, 9.17) is 5.11 Å². The molecule has 0 aromatic rings. The lowest BCUT2D eigenvalue weighted by atomic mass is 10.00. The molecule has 4 nitrogen and oxygen atoms in total. The van der Waals surface area contributed by atoms with Crippen molar-refractivity contribution < 1.29 is 14.3 Å². The van der Waals surface area contributed by atoms with E-state index < -0.39 is 18.2 Å². The Hall–Kier alpha value is -0.680. The molecule has 1 atom stereocenters. The number of halogens is 1. The molecule has 1 saturated heterocycles. The highest BCUT2D eigenvalue weighted by Crippen LogP contribution is 2.06. The molecule has 5 heteroatoms. The molecule has 0 amide bonds. The Kier molecular flexibility index (Phi) is 2.41. The summed E-state index contributed by atoms with van der Waals surface area (Å²) in [4.78, 5) is 10.6. The van der Waals surface area contributed by atoms with Crippen LogP contribution in [0.1, 0.15) is 0 Å². The molecule has 3 N–H and O–H groups in total. The summed E-state index contributed by atoms with van der Waals surface area (Å²) in [7, 11) is 0. The average molecular weight is 162 g/mol. The highest BCUT2D eigenvalue weighted by Gasteiger charge is 2.39. The third-order valence-electron chi connectivity index (χ3n) is 1.83. The van der Waals surface area contributed by atoms with E-state index in [-0.39, 0.29) is 6.54 Å². The molecule has 1 fully saturated rings. The molecule has 1 heterocycles. The number of carboxylic acids is 1. The molecule has 0 saturated carbocycles. The minimum absolute atomic E-state index is 0.152. The Balaban J connectivity index is 2.64. The second-order valence-corrected chi connectivity index (χ2v) is 2.62. The Bertz CT molecular complexity index is 157. The zero-order valence-electron chi connectivity index (χ0n) is 6.06. The fourth-order valence-electron chi connectivity index (χ4n) is 1.06. The van der Waals surface area contributed by atoms with Crippen molar-refractivity contribution in [2.75, 3.05) is 26.3 Å². The summed E-state index contributed by atoms with van der Waals surface area (Å²) in [6, 6.07) is 0. The first kappa shape index (κ1) is 8.42. The fourth-order valence-corrected chi connectivity index (χ4v) is 1.06. The van der Waals surface area contributed by atoms with E-state index in [1.165, 1.54) is 0 Å². The number of aliphatic carboxylic acids is 1. The molecular formula is C6H11FN2O2. The van der Waals surface area contributed by atoms with Gasteiger partial charge in [-0.15, -0.1) is 0 Å². The number of hydrogen-bond donors (Lipinski definition) is 3. The summed E-state index contributed by atoms with van der Waals surface area (Å²) in [6.07, 6.45) is 0. The van der Waals surface area contributed by atoms with Gasteiger partial charge in [0.2, 0.25) is 0 Å². The van der Waals surface area contributed by atoms with Gasteiger partial charge in [0.15, 0.2) is 5.54 Å². The topological polar surface area (TPSA) is 61.4 Å². The number of alkyl halides is 1. The van der Waals surface area contributed by atoms with Crippen LogP contribution in [0.15, 0.2) is 0 Å². The van der Waals surface area contributed by atoms with Gasteiger partial charge in [0.1, 0.15) is 6.67 Å². The lowest BCUT2D eigenvalue weighted by Gasteiger charge is -2.32. The summed E-state index contributed by atoms with van der Waals surface area (Å²) in [5, 5.41) is 14.1. The van der Waals surface area contributed by atoms with E-state index in [1.807, 2.05) is 0 Å². The van der Waals surface area contributed by atoms with Crippen molar-refractivity contribution in [2.24, 2.45) is 0 Å². The molecule has 1 aliphatic rings. The van der Waals surface area contributed by atoms with Crippen LogP contribution in [0, 0.1) is 0 Å². The average Bonchev–Trinajstić information content (AvgIpc) is 2.05. The van der Waals surface area contributed by atoms with Crippen molar-refractivity contribution in [3.8, 4) is 0 Å². The van der Waals surface area contributed by atoms with Crippen LogP contribution in [0.3, 0.4) is 0 Å². The number of nitrogens with one attached hydrogen (secondary N) is 2. The summed E-state index contributed by atoms with van der Waals surface area (Å²) in [5.41, 5.74) is -1.39. The van der Waals surface area contributed by atoms with Crippen molar-refractivity contribution in [3.05, 3.63) is 0 Å². The molecule has 1 unspecified atom stereocenters. The smallest absolute Gasteiger partial charge is 0.327 e. The highest BCUT2D eigenvalue weighted by molar-refractivity contribution is 5.79. The van der Waals surface area contributed by atoms with Crippen LogP contribution in [0.25, 0.3) is 0 Å². The maximum absolute atomic E-state index is 12.3. The minimum Gasteiger partial charge on any atom is -0.480 e. The van der Waals surface area contributed by atoms with Crippen molar-refractivity contribution in [1.29, 1.82) is 0 Å². The molecule has 1 aliphatic heterocycles. The molecule has 0 spiro atoms. The Labute approximate surface area is 63.8 Å². The van der Waals surface area contributed by atoms with E-state index in [0.29, 0.717) is 13.1 Å².